The van der Waals surface area contributed by atoms with E-state index in [1.807, 2.05) is 20.8 Å². The van der Waals surface area contributed by atoms with Crippen LogP contribution in [0.3, 0.4) is 0 Å². The maximum absolute atomic E-state index is 14.2. The third-order valence-electron chi connectivity index (χ3n) is 6.71. The van der Waals surface area contributed by atoms with Gasteiger partial charge in [0.2, 0.25) is 11.8 Å². The van der Waals surface area contributed by atoms with Crippen LogP contribution in [0, 0.1) is 5.82 Å². The molecular formula is C32H40FN3O7S. The van der Waals surface area contributed by atoms with Gasteiger partial charge in [0.15, 0.2) is 11.5 Å². The van der Waals surface area contributed by atoms with E-state index in [1.54, 1.807) is 31.2 Å². The van der Waals surface area contributed by atoms with E-state index in [4.69, 9.17) is 14.2 Å². The third kappa shape index (κ3) is 8.40. The summed E-state index contributed by atoms with van der Waals surface area (Å²) in [6.45, 7) is 6.59. The Morgan fingerprint density at radius 2 is 1.57 bits per heavy atom. The first kappa shape index (κ1) is 34.2. The van der Waals surface area contributed by atoms with Crippen LogP contribution in [0.2, 0.25) is 0 Å². The number of hydrogen-bond acceptors (Lipinski definition) is 7. The normalized spacial score (nSPS) is 12.2. The molecule has 1 N–H and O–H groups in total. The van der Waals surface area contributed by atoms with Crippen LogP contribution in [0.1, 0.15) is 39.7 Å². The van der Waals surface area contributed by atoms with Crippen molar-refractivity contribution in [2.75, 3.05) is 32.2 Å². The van der Waals surface area contributed by atoms with E-state index in [2.05, 4.69) is 5.32 Å². The number of nitrogens with zero attached hydrogens (tertiary/aromatic N) is 2. The molecule has 0 saturated carbocycles. The number of anilines is 1. The molecule has 0 aliphatic heterocycles. The topological polar surface area (TPSA) is 114 Å². The van der Waals surface area contributed by atoms with Gasteiger partial charge in [-0.2, -0.15) is 0 Å². The van der Waals surface area contributed by atoms with Crippen molar-refractivity contribution in [3.63, 3.8) is 0 Å². The molecule has 0 aliphatic carbocycles. The molecule has 3 aromatic rings. The van der Waals surface area contributed by atoms with Gasteiger partial charge in [-0.25, -0.2) is 12.8 Å². The van der Waals surface area contributed by atoms with Crippen LogP contribution in [0.5, 0.6) is 17.2 Å². The molecule has 0 radical (unpaired) electrons. The van der Waals surface area contributed by atoms with E-state index in [-0.39, 0.29) is 35.2 Å². The average Bonchev–Trinajstić information content (AvgIpc) is 2.98. The van der Waals surface area contributed by atoms with Crippen molar-refractivity contribution in [1.82, 2.24) is 10.2 Å². The van der Waals surface area contributed by atoms with Crippen molar-refractivity contribution < 1.29 is 36.6 Å². The summed E-state index contributed by atoms with van der Waals surface area (Å²) in [5.74, 6) is -0.553. The van der Waals surface area contributed by atoms with Gasteiger partial charge < -0.3 is 24.4 Å². The lowest BCUT2D eigenvalue weighted by Gasteiger charge is -2.34. The van der Waals surface area contributed by atoms with E-state index in [1.165, 1.54) is 56.6 Å². The Bertz CT molecular complexity index is 1560. The number of ether oxygens (including phenoxy) is 3. The Labute approximate surface area is 258 Å². The van der Waals surface area contributed by atoms with Gasteiger partial charge >= 0.3 is 0 Å². The number of nitrogens with one attached hydrogen (secondary N) is 1. The molecule has 1 atom stereocenters. The summed E-state index contributed by atoms with van der Waals surface area (Å²) in [7, 11) is -0.0923. The monoisotopic (exact) mass is 629 g/mol. The van der Waals surface area contributed by atoms with Gasteiger partial charge in [0, 0.05) is 18.2 Å². The fourth-order valence-corrected chi connectivity index (χ4v) is 6.01. The standard InChI is InChI=1S/C32H40FN3O7S/c1-8-27(31(38)34-32(2,3)4)35(20-22-10-9-11-25(18-22)41-5)30(37)21-36(24-14-12-23(33)13-15-24)44(39,40)26-16-17-28(42-6)29(19-26)43-7/h9-19,27H,8,20-21H2,1-7H3,(H,34,38)/t27-/m0/s1. The molecule has 0 fully saturated rings. The number of carbonyl (C=O) groups is 2. The molecule has 12 heteroatoms. The number of amides is 2. The van der Waals surface area contributed by atoms with E-state index in [9.17, 15) is 22.4 Å². The van der Waals surface area contributed by atoms with Gasteiger partial charge in [-0.1, -0.05) is 19.1 Å². The lowest BCUT2D eigenvalue weighted by atomic mass is 10.1. The predicted molar refractivity (Wildman–Crippen MR) is 166 cm³/mol. The van der Waals surface area contributed by atoms with Gasteiger partial charge in [0.25, 0.3) is 10.0 Å². The van der Waals surface area contributed by atoms with E-state index in [0.29, 0.717) is 17.1 Å². The molecule has 238 valence electrons. The molecule has 2 amide bonds. The molecule has 3 aromatic carbocycles. The van der Waals surface area contributed by atoms with Crippen molar-refractivity contribution >= 4 is 27.5 Å². The smallest absolute Gasteiger partial charge is 0.264 e. The average molecular weight is 630 g/mol. The molecule has 0 aromatic heterocycles. The first-order chi connectivity index (χ1) is 20.7. The summed E-state index contributed by atoms with van der Waals surface area (Å²) in [6, 6.07) is 14.9. The Balaban J connectivity index is 2.12. The molecule has 0 unspecified atom stereocenters. The minimum Gasteiger partial charge on any atom is -0.497 e. The Morgan fingerprint density at radius 1 is 0.909 bits per heavy atom. The molecule has 0 heterocycles. The van der Waals surface area contributed by atoms with Gasteiger partial charge in [-0.3, -0.25) is 13.9 Å². The minimum atomic E-state index is -4.41. The maximum atomic E-state index is 14.2. The number of carbonyl (C=O) groups excluding carboxylic acids is 2. The number of halogens is 1. The second-order valence-corrected chi connectivity index (χ2v) is 12.9. The highest BCUT2D eigenvalue weighted by Gasteiger charge is 2.35. The Kier molecular flexibility index (Phi) is 11.2. The summed E-state index contributed by atoms with van der Waals surface area (Å²) in [5, 5.41) is 2.93. The second-order valence-electron chi connectivity index (χ2n) is 11.0. The number of hydrogen-bond donors (Lipinski definition) is 1. The fraction of sp³-hybridized carbons (Fsp3) is 0.375. The molecule has 0 saturated heterocycles. The zero-order valence-electron chi connectivity index (χ0n) is 26.1. The van der Waals surface area contributed by atoms with Crippen molar-refractivity contribution in [3.05, 3.63) is 78.1 Å². The van der Waals surface area contributed by atoms with Crippen LogP contribution in [0.4, 0.5) is 10.1 Å². The third-order valence-corrected chi connectivity index (χ3v) is 8.48. The van der Waals surface area contributed by atoms with Crippen LogP contribution in [-0.2, 0) is 26.2 Å². The van der Waals surface area contributed by atoms with Crippen molar-refractivity contribution in [2.24, 2.45) is 0 Å². The van der Waals surface area contributed by atoms with E-state index < -0.39 is 39.9 Å². The first-order valence-electron chi connectivity index (χ1n) is 14.0. The largest absolute Gasteiger partial charge is 0.497 e. The zero-order valence-corrected chi connectivity index (χ0v) is 26.9. The molecule has 0 spiro atoms. The Morgan fingerprint density at radius 3 is 2.14 bits per heavy atom. The summed E-state index contributed by atoms with van der Waals surface area (Å²) < 4.78 is 58.9. The van der Waals surface area contributed by atoms with E-state index in [0.717, 1.165) is 16.4 Å². The number of sulfonamides is 1. The highest BCUT2D eigenvalue weighted by atomic mass is 32.2. The first-order valence-corrected chi connectivity index (χ1v) is 15.4. The predicted octanol–water partition coefficient (Wildman–Crippen LogP) is 4.77. The van der Waals surface area contributed by atoms with Crippen LogP contribution in [-0.4, -0.2) is 64.6 Å². The highest BCUT2D eigenvalue weighted by Crippen LogP contribution is 2.32. The van der Waals surface area contributed by atoms with Crippen LogP contribution in [0.15, 0.2) is 71.6 Å². The molecule has 3 rings (SSSR count). The molecule has 0 bridgehead atoms. The molecular weight excluding hydrogens is 589 g/mol. The number of methoxy groups -OCH3 is 3. The van der Waals surface area contributed by atoms with Crippen molar-refractivity contribution in [1.29, 1.82) is 0 Å². The second kappa shape index (κ2) is 14.4. The lowest BCUT2D eigenvalue weighted by Crippen LogP contribution is -2.55. The number of benzene rings is 3. The quantitative estimate of drug-likeness (QED) is 0.290. The number of rotatable bonds is 13. The van der Waals surface area contributed by atoms with Gasteiger partial charge in [-0.05, 0) is 81.3 Å². The van der Waals surface area contributed by atoms with Crippen molar-refractivity contribution in [2.45, 2.75) is 57.1 Å². The summed E-state index contributed by atoms with van der Waals surface area (Å²) in [4.78, 5) is 28.9. The van der Waals surface area contributed by atoms with Gasteiger partial charge in [0.05, 0.1) is 31.9 Å². The highest BCUT2D eigenvalue weighted by molar-refractivity contribution is 7.92. The van der Waals surface area contributed by atoms with Crippen LogP contribution < -0.4 is 23.8 Å². The molecule has 10 nitrogen and oxygen atoms in total. The zero-order chi connectivity index (χ0) is 32.7. The van der Waals surface area contributed by atoms with E-state index >= 15 is 0 Å². The van der Waals surface area contributed by atoms with Crippen molar-refractivity contribution in [3.8, 4) is 17.2 Å². The van der Waals surface area contributed by atoms with Gasteiger partial charge in [0.1, 0.15) is 24.2 Å². The summed E-state index contributed by atoms with van der Waals surface area (Å²) >= 11 is 0. The SMILES string of the molecule is CC[C@@H](C(=O)NC(C)(C)C)N(Cc1cccc(OC)c1)C(=O)CN(c1ccc(F)cc1)S(=O)(=O)c1ccc(OC)c(OC)c1. The minimum absolute atomic E-state index is 0.000231. The summed E-state index contributed by atoms with van der Waals surface area (Å²) in [6.07, 6.45) is 0.261. The maximum Gasteiger partial charge on any atom is 0.264 e. The fourth-order valence-electron chi connectivity index (χ4n) is 4.58. The lowest BCUT2D eigenvalue weighted by molar-refractivity contribution is -0.141. The van der Waals surface area contributed by atoms with Gasteiger partial charge in [-0.15, -0.1) is 0 Å². The molecule has 0 aliphatic rings. The molecule has 44 heavy (non-hydrogen) atoms. The van der Waals surface area contributed by atoms with Crippen LogP contribution >= 0.6 is 0 Å². The van der Waals surface area contributed by atoms with Crippen LogP contribution in [0.25, 0.3) is 0 Å². The Hall–Kier alpha value is -4.32. The summed E-state index contributed by atoms with van der Waals surface area (Å²) in [5.41, 5.74) is 0.158.